The van der Waals surface area contributed by atoms with Gasteiger partial charge in [0.2, 0.25) is 5.16 Å². The molecule has 0 atom stereocenters. The van der Waals surface area contributed by atoms with E-state index in [1.54, 1.807) is 34.0 Å². The van der Waals surface area contributed by atoms with Crippen molar-refractivity contribution in [1.82, 2.24) is 14.9 Å². The predicted octanol–water partition coefficient (Wildman–Crippen LogP) is 3.53. The van der Waals surface area contributed by atoms with Crippen LogP contribution in [0.3, 0.4) is 0 Å². The van der Waals surface area contributed by atoms with Crippen molar-refractivity contribution in [2.75, 3.05) is 17.3 Å². The lowest BCUT2D eigenvalue weighted by Gasteiger charge is -2.29. The molecule has 0 bridgehead atoms. The standard InChI is InChI=1S/C18H14ClFN4O2S/c19-13-3-1-2-12(10-13)17(25)23-8-9-27-18-22-21-16(24(18)23)11-26-15-6-4-14(20)5-7-15/h1-7,10H,8-9,11H2. The van der Waals surface area contributed by atoms with E-state index >= 15 is 0 Å². The van der Waals surface area contributed by atoms with E-state index < -0.39 is 0 Å². The number of hydrogen-bond donors (Lipinski definition) is 0. The fourth-order valence-electron chi connectivity index (χ4n) is 2.68. The molecule has 3 aromatic rings. The lowest BCUT2D eigenvalue weighted by molar-refractivity contribution is 0.0952. The summed E-state index contributed by atoms with van der Waals surface area (Å²) in [7, 11) is 0. The Balaban J connectivity index is 1.59. The average Bonchev–Trinajstić information content (AvgIpc) is 3.10. The SMILES string of the molecule is O=C(c1cccc(Cl)c1)N1CCSc2nnc(COc3ccc(F)cc3)n21. The molecule has 0 aliphatic carbocycles. The number of hydrogen-bond acceptors (Lipinski definition) is 5. The molecule has 1 aliphatic heterocycles. The van der Waals surface area contributed by atoms with Crippen LogP contribution in [0.2, 0.25) is 5.02 Å². The fraction of sp³-hybridized carbons (Fsp3) is 0.167. The maximum absolute atomic E-state index is 13.0. The molecule has 0 radical (unpaired) electrons. The molecule has 0 N–H and O–H groups in total. The maximum Gasteiger partial charge on any atom is 0.272 e. The van der Waals surface area contributed by atoms with Crippen LogP contribution in [-0.2, 0) is 6.61 Å². The van der Waals surface area contributed by atoms with Gasteiger partial charge in [0.15, 0.2) is 5.82 Å². The second kappa shape index (κ2) is 7.58. The molecule has 4 rings (SSSR count). The van der Waals surface area contributed by atoms with E-state index in [0.717, 1.165) is 0 Å². The van der Waals surface area contributed by atoms with Crippen LogP contribution in [0.1, 0.15) is 16.2 Å². The van der Waals surface area contributed by atoms with E-state index in [-0.39, 0.29) is 18.3 Å². The number of halogens is 2. The van der Waals surface area contributed by atoms with Gasteiger partial charge < -0.3 is 4.74 Å². The van der Waals surface area contributed by atoms with E-state index in [1.807, 2.05) is 0 Å². The van der Waals surface area contributed by atoms with Crippen LogP contribution >= 0.6 is 23.4 Å². The second-order valence-corrected chi connectivity index (χ2v) is 7.24. The van der Waals surface area contributed by atoms with Crippen LogP contribution in [0.5, 0.6) is 5.75 Å². The van der Waals surface area contributed by atoms with Gasteiger partial charge in [0.1, 0.15) is 18.2 Å². The van der Waals surface area contributed by atoms with Gasteiger partial charge in [0.05, 0.1) is 6.54 Å². The van der Waals surface area contributed by atoms with Gasteiger partial charge in [-0.15, -0.1) is 10.2 Å². The minimum atomic E-state index is -0.336. The Bertz CT molecular complexity index is 980. The molecule has 9 heteroatoms. The zero-order valence-electron chi connectivity index (χ0n) is 14.0. The highest BCUT2D eigenvalue weighted by Crippen LogP contribution is 2.25. The highest BCUT2D eigenvalue weighted by molar-refractivity contribution is 7.99. The Morgan fingerprint density at radius 2 is 2.04 bits per heavy atom. The molecule has 2 aromatic carbocycles. The molecule has 2 heterocycles. The third-order valence-corrected chi connectivity index (χ3v) is 5.07. The summed E-state index contributed by atoms with van der Waals surface area (Å²) in [6, 6.07) is 12.5. The summed E-state index contributed by atoms with van der Waals surface area (Å²) >= 11 is 7.53. The van der Waals surface area contributed by atoms with Gasteiger partial charge in [0, 0.05) is 16.3 Å². The van der Waals surface area contributed by atoms with Gasteiger partial charge in [-0.05, 0) is 42.5 Å². The summed E-state index contributed by atoms with van der Waals surface area (Å²) < 4.78 is 20.4. The molecular weight excluding hydrogens is 391 g/mol. The van der Waals surface area contributed by atoms with Crippen molar-refractivity contribution >= 4 is 29.3 Å². The van der Waals surface area contributed by atoms with E-state index in [1.165, 1.54) is 36.0 Å². The van der Waals surface area contributed by atoms with Gasteiger partial charge in [-0.1, -0.05) is 29.4 Å². The lowest BCUT2D eigenvalue weighted by atomic mass is 10.2. The molecule has 0 saturated carbocycles. The largest absolute Gasteiger partial charge is 0.486 e. The van der Waals surface area contributed by atoms with E-state index in [4.69, 9.17) is 16.3 Å². The van der Waals surface area contributed by atoms with Crippen molar-refractivity contribution in [2.45, 2.75) is 11.8 Å². The molecular formula is C18H14ClFN4O2S. The number of fused-ring (bicyclic) bond motifs is 1. The number of aromatic nitrogens is 3. The minimum Gasteiger partial charge on any atom is -0.486 e. The molecule has 0 fully saturated rings. The molecule has 1 aliphatic rings. The Morgan fingerprint density at radius 1 is 1.22 bits per heavy atom. The van der Waals surface area contributed by atoms with Gasteiger partial charge in [0.25, 0.3) is 5.91 Å². The van der Waals surface area contributed by atoms with Crippen molar-refractivity contribution in [3.8, 4) is 5.75 Å². The Hall–Kier alpha value is -2.58. The zero-order chi connectivity index (χ0) is 18.8. The number of thioether (sulfide) groups is 1. The van der Waals surface area contributed by atoms with Crippen molar-refractivity contribution in [3.05, 3.63) is 70.8 Å². The van der Waals surface area contributed by atoms with E-state index in [2.05, 4.69) is 10.2 Å². The van der Waals surface area contributed by atoms with Gasteiger partial charge in [-0.25, -0.2) is 14.1 Å². The number of benzene rings is 2. The molecule has 0 spiro atoms. The molecule has 6 nitrogen and oxygen atoms in total. The van der Waals surface area contributed by atoms with Crippen LogP contribution < -0.4 is 9.75 Å². The van der Waals surface area contributed by atoms with Crippen molar-refractivity contribution in [2.24, 2.45) is 0 Å². The van der Waals surface area contributed by atoms with Crippen LogP contribution in [-0.4, -0.2) is 33.1 Å². The number of nitrogens with zero attached hydrogens (tertiary/aromatic N) is 4. The predicted molar refractivity (Wildman–Crippen MR) is 100 cm³/mol. The molecule has 1 aromatic heterocycles. The third kappa shape index (κ3) is 3.77. The monoisotopic (exact) mass is 404 g/mol. The van der Waals surface area contributed by atoms with E-state index in [9.17, 15) is 9.18 Å². The van der Waals surface area contributed by atoms with Crippen LogP contribution in [0.25, 0.3) is 0 Å². The maximum atomic E-state index is 13.0. The highest BCUT2D eigenvalue weighted by atomic mass is 35.5. The summed E-state index contributed by atoms with van der Waals surface area (Å²) in [5.74, 6) is 1.17. The van der Waals surface area contributed by atoms with Gasteiger partial charge >= 0.3 is 0 Å². The van der Waals surface area contributed by atoms with Crippen molar-refractivity contribution in [3.63, 3.8) is 0 Å². The normalized spacial score (nSPS) is 13.3. The average molecular weight is 405 g/mol. The van der Waals surface area contributed by atoms with Crippen molar-refractivity contribution in [1.29, 1.82) is 0 Å². The number of ether oxygens (including phenoxy) is 1. The Morgan fingerprint density at radius 3 is 2.81 bits per heavy atom. The van der Waals surface area contributed by atoms with Crippen LogP contribution in [0.4, 0.5) is 4.39 Å². The first kappa shape index (κ1) is 17.8. The number of carbonyl (C=O) groups is 1. The second-order valence-electron chi connectivity index (χ2n) is 5.74. The van der Waals surface area contributed by atoms with Gasteiger partial charge in [-0.3, -0.25) is 4.79 Å². The number of carbonyl (C=O) groups excluding carboxylic acids is 1. The first-order chi connectivity index (χ1) is 13.1. The first-order valence-corrected chi connectivity index (χ1v) is 9.51. The zero-order valence-corrected chi connectivity index (χ0v) is 15.6. The fourth-order valence-corrected chi connectivity index (χ4v) is 3.75. The topological polar surface area (TPSA) is 60.3 Å². The van der Waals surface area contributed by atoms with Crippen LogP contribution in [0, 0.1) is 5.82 Å². The molecule has 1 amide bonds. The molecule has 0 unspecified atom stereocenters. The summed E-state index contributed by atoms with van der Waals surface area (Å²) in [6.07, 6.45) is 0. The summed E-state index contributed by atoms with van der Waals surface area (Å²) in [5.41, 5.74) is 0.486. The first-order valence-electron chi connectivity index (χ1n) is 8.15. The quantitative estimate of drug-likeness (QED) is 0.665. The minimum absolute atomic E-state index is 0.0958. The number of rotatable bonds is 4. The highest BCUT2D eigenvalue weighted by Gasteiger charge is 2.28. The molecule has 138 valence electrons. The van der Waals surface area contributed by atoms with Crippen molar-refractivity contribution < 1.29 is 13.9 Å². The van der Waals surface area contributed by atoms with E-state index in [0.29, 0.717) is 39.6 Å². The van der Waals surface area contributed by atoms with Crippen LogP contribution in [0.15, 0.2) is 53.7 Å². The summed E-state index contributed by atoms with van der Waals surface area (Å²) in [4.78, 5) is 13.0. The summed E-state index contributed by atoms with van der Waals surface area (Å²) in [5, 5.41) is 11.0. The smallest absolute Gasteiger partial charge is 0.272 e. The molecule has 0 saturated heterocycles. The molecule has 27 heavy (non-hydrogen) atoms. The summed E-state index contributed by atoms with van der Waals surface area (Å²) in [6.45, 7) is 0.600. The van der Waals surface area contributed by atoms with Gasteiger partial charge in [-0.2, -0.15) is 0 Å². The Labute approximate surface area is 163 Å². The Kier molecular flexibility index (Phi) is 5.00. The number of amides is 1. The third-order valence-electron chi connectivity index (χ3n) is 3.94. The lowest BCUT2D eigenvalue weighted by Crippen LogP contribution is -2.45.